The van der Waals surface area contributed by atoms with Gasteiger partial charge in [0.25, 0.3) is 0 Å². The van der Waals surface area contributed by atoms with Crippen LogP contribution >= 0.6 is 12.6 Å². The first-order chi connectivity index (χ1) is 9.04. The van der Waals surface area contributed by atoms with Crippen LogP contribution in [0.15, 0.2) is 0 Å². The molecule has 1 saturated carbocycles. The molecular weight excluding hydrogens is 264 g/mol. The van der Waals surface area contributed by atoms with Crippen molar-refractivity contribution in [1.29, 1.82) is 0 Å². The molecule has 2 aliphatic rings. The average Bonchev–Trinajstić information content (AvgIpc) is 2.44. The molecule has 1 aliphatic carbocycles. The van der Waals surface area contributed by atoms with Crippen molar-refractivity contribution in [3.05, 3.63) is 0 Å². The normalized spacial score (nSPS) is 36.3. The van der Waals surface area contributed by atoms with Gasteiger partial charge >= 0.3 is 5.97 Å². The Hall–Kier alpha value is -0.590. The van der Waals surface area contributed by atoms with Crippen molar-refractivity contribution < 1.29 is 14.7 Å². The Morgan fingerprint density at radius 3 is 2.68 bits per heavy atom. The summed E-state index contributed by atoms with van der Waals surface area (Å²) in [5.74, 6) is -0.0920. The summed E-state index contributed by atoms with van der Waals surface area (Å²) >= 11 is 4.07. The molecule has 1 heterocycles. The summed E-state index contributed by atoms with van der Waals surface area (Å²) in [4.78, 5) is 23.5. The van der Waals surface area contributed by atoms with Gasteiger partial charge in [-0.15, -0.1) is 0 Å². The fourth-order valence-corrected chi connectivity index (χ4v) is 3.64. The van der Waals surface area contributed by atoms with Crippen LogP contribution in [0.2, 0.25) is 0 Å². The maximum Gasteiger partial charge on any atom is 0.320 e. The Morgan fingerprint density at radius 2 is 2.05 bits per heavy atom. The van der Waals surface area contributed by atoms with Crippen molar-refractivity contribution in [3.8, 4) is 0 Å². The van der Waals surface area contributed by atoms with E-state index in [0.717, 1.165) is 25.7 Å². The molecule has 0 bridgehead atoms. The van der Waals surface area contributed by atoms with Crippen LogP contribution in [0.3, 0.4) is 0 Å². The number of piperidine rings is 1. The van der Waals surface area contributed by atoms with Gasteiger partial charge in [0, 0.05) is 5.75 Å². The molecule has 0 aromatic carbocycles. The van der Waals surface area contributed by atoms with Crippen molar-refractivity contribution in [2.75, 3.05) is 5.75 Å². The number of hydrogen-bond donors (Lipinski definition) is 4. The quantitative estimate of drug-likeness (QED) is 0.563. The van der Waals surface area contributed by atoms with Crippen LogP contribution < -0.4 is 11.1 Å². The molecule has 19 heavy (non-hydrogen) atoms. The van der Waals surface area contributed by atoms with E-state index in [9.17, 15) is 14.7 Å². The molecule has 4 N–H and O–H groups in total. The Morgan fingerprint density at radius 1 is 1.37 bits per heavy atom. The minimum absolute atomic E-state index is 0.0853. The highest BCUT2D eigenvalue weighted by Crippen LogP contribution is 2.39. The van der Waals surface area contributed by atoms with Gasteiger partial charge in [0.2, 0.25) is 0 Å². The summed E-state index contributed by atoms with van der Waals surface area (Å²) in [5.41, 5.74) is 5.78. The first kappa shape index (κ1) is 14.8. The molecule has 1 aliphatic heterocycles. The van der Waals surface area contributed by atoms with E-state index < -0.39 is 24.1 Å². The predicted octanol–water partition coefficient (Wildman–Crippen LogP) is 0.434. The number of nitrogens with one attached hydrogen (secondary N) is 1. The molecule has 0 aromatic heterocycles. The van der Waals surface area contributed by atoms with E-state index in [-0.39, 0.29) is 11.7 Å². The van der Waals surface area contributed by atoms with Gasteiger partial charge in [0.1, 0.15) is 6.04 Å². The molecule has 5 atom stereocenters. The second-order valence-corrected chi connectivity index (χ2v) is 6.04. The first-order valence-electron chi connectivity index (χ1n) is 6.93. The van der Waals surface area contributed by atoms with Gasteiger partial charge in [0.15, 0.2) is 5.78 Å². The highest BCUT2D eigenvalue weighted by atomic mass is 32.1. The number of carbonyl (C=O) groups is 2. The lowest BCUT2D eigenvalue weighted by Gasteiger charge is -2.44. The molecule has 0 spiro atoms. The number of hydrogen-bond acceptors (Lipinski definition) is 5. The van der Waals surface area contributed by atoms with Gasteiger partial charge in [-0.05, 0) is 24.7 Å². The van der Waals surface area contributed by atoms with Gasteiger partial charge in [-0.25, -0.2) is 0 Å². The number of fused-ring (bicyclic) bond motifs is 1. The standard InChI is InChI=1S/C13H22N2O3S/c14-9(6-19)12(16)11-8-4-2-1-3-7(8)5-10(15-11)13(17)18/h7-11,15,19H,1-6,14H2,(H,17,18)/t7?,8?,9-,10?,11?/m1/s1. The molecule has 5 nitrogen and oxygen atoms in total. The maximum absolute atomic E-state index is 12.3. The number of nitrogens with two attached hydrogens (primary N) is 1. The number of Topliss-reactive ketones (excluding diaryl/α,β-unsaturated/α-hetero) is 1. The zero-order valence-corrected chi connectivity index (χ0v) is 11.8. The minimum atomic E-state index is -0.874. The second-order valence-electron chi connectivity index (χ2n) is 5.67. The van der Waals surface area contributed by atoms with Crippen LogP contribution in [0.25, 0.3) is 0 Å². The van der Waals surface area contributed by atoms with E-state index >= 15 is 0 Å². The number of aliphatic carboxylic acids is 1. The predicted molar refractivity (Wildman–Crippen MR) is 75.2 cm³/mol. The fourth-order valence-electron chi connectivity index (χ4n) is 3.46. The molecule has 0 radical (unpaired) electrons. The molecule has 6 heteroatoms. The van der Waals surface area contributed by atoms with Gasteiger partial charge in [-0.3, -0.25) is 14.9 Å². The monoisotopic (exact) mass is 286 g/mol. The maximum atomic E-state index is 12.3. The van der Waals surface area contributed by atoms with Crippen LogP contribution in [0.1, 0.15) is 32.1 Å². The number of ketones is 1. The summed E-state index contributed by atoms with van der Waals surface area (Å²) in [6.45, 7) is 0. The van der Waals surface area contributed by atoms with Gasteiger partial charge in [-0.2, -0.15) is 12.6 Å². The van der Waals surface area contributed by atoms with Crippen LogP contribution in [0.5, 0.6) is 0 Å². The van der Waals surface area contributed by atoms with Crippen molar-refractivity contribution >= 4 is 24.4 Å². The van der Waals surface area contributed by atoms with Crippen molar-refractivity contribution in [1.82, 2.24) is 5.32 Å². The topological polar surface area (TPSA) is 92.4 Å². The summed E-state index contributed by atoms with van der Waals surface area (Å²) in [7, 11) is 0. The second kappa shape index (κ2) is 6.24. The van der Waals surface area contributed by atoms with Crippen LogP contribution in [-0.2, 0) is 9.59 Å². The van der Waals surface area contributed by atoms with E-state index in [0.29, 0.717) is 18.1 Å². The largest absolute Gasteiger partial charge is 0.480 e. The van der Waals surface area contributed by atoms with Crippen molar-refractivity contribution in [2.45, 2.75) is 50.2 Å². The number of carbonyl (C=O) groups excluding carboxylic acids is 1. The lowest BCUT2D eigenvalue weighted by atomic mass is 9.68. The third kappa shape index (κ3) is 3.12. The molecule has 4 unspecified atom stereocenters. The van der Waals surface area contributed by atoms with Crippen LogP contribution in [0, 0.1) is 11.8 Å². The van der Waals surface area contributed by atoms with E-state index in [1.54, 1.807) is 0 Å². The molecular formula is C13H22N2O3S. The molecule has 2 rings (SSSR count). The van der Waals surface area contributed by atoms with Gasteiger partial charge in [-0.1, -0.05) is 19.3 Å². The molecule has 0 aromatic rings. The molecule has 108 valence electrons. The number of thiol groups is 1. The number of carboxylic acid groups (broad SMARTS) is 1. The van der Waals surface area contributed by atoms with Gasteiger partial charge < -0.3 is 10.8 Å². The average molecular weight is 286 g/mol. The van der Waals surface area contributed by atoms with Crippen LogP contribution in [-0.4, -0.2) is 40.7 Å². The Balaban J connectivity index is 2.16. The Labute approximate surface area is 118 Å². The number of rotatable bonds is 4. The van der Waals surface area contributed by atoms with E-state index in [1.807, 2.05) is 0 Å². The summed E-state index contributed by atoms with van der Waals surface area (Å²) < 4.78 is 0. The van der Waals surface area contributed by atoms with E-state index in [2.05, 4.69) is 17.9 Å². The third-order valence-electron chi connectivity index (χ3n) is 4.48. The summed E-state index contributed by atoms with van der Waals surface area (Å²) in [6.07, 6.45) is 4.88. The Kier molecular flexibility index (Phi) is 4.86. The lowest BCUT2D eigenvalue weighted by Crippen LogP contribution is -2.61. The molecule has 0 amide bonds. The zero-order chi connectivity index (χ0) is 14.0. The van der Waals surface area contributed by atoms with Crippen LogP contribution in [0.4, 0.5) is 0 Å². The molecule has 2 fully saturated rings. The highest BCUT2D eigenvalue weighted by Gasteiger charge is 2.44. The van der Waals surface area contributed by atoms with E-state index in [1.165, 1.54) is 0 Å². The third-order valence-corrected chi connectivity index (χ3v) is 4.88. The lowest BCUT2D eigenvalue weighted by molar-refractivity contribution is -0.142. The summed E-state index contributed by atoms with van der Waals surface area (Å²) in [5, 5.41) is 12.2. The fraction of sp³-hybridized carbons (Fsp3) is 0.846. The SMILES string of the molecule is N[C@H](CS)C(=O)C1NC(C(=O)O)CC2CCCCC21. The molecule has 1 saturated heterocycles. The minimum Gasteiger partial charge on any atom is -0.480 e. The summed E-state index contributed by atoms with van der Waals surface area (Å²) in [6, 6.07) is -1.65. The smallest absolute Gasteiger partial charge is 0.320 e. The highest BCUT2D eigenvalue weighted by molar-refractivity contribution is 7.80. The van der Waals surface area contributed by atoms with Crippen molar-refractivity contribution in [2.24, 2.45) is 17.6 Å². The van der Waals surface area contributed by atoms with E-state index in [4.69, 9.17) is 5.73 Å². The Bertz CT molecular complexity index is 364. The first-order valence-corrected chi connectivity index (χ1v) is 7.57. The van der Waals surface area contributed by atoms with Crippen molar-refractivity contribution in [3.63, 3.8) is 0 Å². The zero-order valence-electron chi connectivity index (χ0n) is 10.9. The number of carboxylic acids is 1. The van der Waals surface area contributed by atoms with Gasteiger partial charge in [0.05, 0.1) is 12.1 Å².